The Balaban J connectivity index is 1.41. The Kier molecular flexibility index (Phi) is 5.99. The zero-order valence-corrected chi connectivity index (χ0v) is 14.7. The van der Waals surface area contributed by atoms with E-state index in [9.17, 15) is 9.18 Å². The van der Waals surface area contributed by atoms with Crippen LogP contribution >= 0.6 is 0 Å². The molecule has 1 amide bonds. The van der Waals surface area contributed by atoms with E-state index in [4.69, 9.17) is 9.47 Å². The third-order valence-electron chi connectivity index (χ3n) is 4.43. The second-order valence-electron chi connectivity index (χ2n) is 6.37. The first kappa shape index (κ1) is 18.1. The molecule has 0 aliphatic heterocycles. The van der Waals surface area contributed by atoms with E-state index in [1.54, 1.807) is 7.11 Å². The van der Waals surface area contributed by atoms with Crippen LogP contribution in [0.5, 0.6) is 11.8 Å². The van der Waals surface area contributed by atoms with E-state index in [0.717, 1.165) is 49.4 Å². The van der Waals surface area contributed by atoms with Crippen LogP contribution in [-0.4, -0.2) is 35.1 Å². The van der Waals surface area contributed by atoms with Gasteiger partial charge in [0.25, 0.3) is 0 Å². The maximum absolute atomic E-state index is 12.8. The Bertz CT molecular complexity index is 714. The standard InChI is InChI=1S/C19H22FN3O3/c1-25-16-6-2-13(3-7-16)10-18(24)23-15-4-8-17(9-5-15)26-19-21-11-14(20)12-22-19/h2-3,6-7,11-12,15,17H,4-5,8-10H2,1H3,(H,23,24). The van der Waals surface area contributed by atoms with Crippen LogP contribution in [0.4, 0.5) is 4.39 Å². The van der Waals surface area contributed by atoms with Gasteiger partial charge in [-0.1, -0.05) is 12.1 Å². The molecule has 7 heteroatoms. The molecular formula is C19H22FN3O3. The van der Waals surface area contributed by atoms with E-state index in [2.05, 4.69) is 15.3 Å². The maximum Gasteiger partial charge on any atom is 0.316 e. The fourth-order valence-corrected chi connectivity index (χ4v) is 3.04. The number of benzene rings is 1. The number of hydrogen-bond donors (Lipinski definition) is 1. The molecule has 0 bridgehead atoms. The number of aromatic nitrogens is 2. The normalized spacial score (nSPS) is 19.6. The van der Waals surface area contributed by atoms with Crippen molar-refractivity contribution in [3.8, 4) is 11.8 Å². The summed E-state index contributed by atoms with van der Waals surface area (Å²) in [5.41, 5.74) is 0.953. The lowest BCUT2D eigenvalue weighted by Crippen LogP contribution is -2.40. The molecule has 1 aromatic heterocycles. The molecule has 6 nitrogen and oxygen atoms in total. The van der Waals surface area contributed by atoms with Crippen LogP contribution in [0.3, 0.4) is 0 Å². The van der Waals surface area contributed by atoms with Crippen LogP contribution in [0.2, 0.25) is 0 Å². The van der Waals surface area contributed by atoms with Gasteiger partial charge < -0.3 is 14.8 Å². The Hall–Kier alpha value is -2.70. The molecule has 138 valence electrons. The number of rotatable bonds is 6. The second-order valence-corrected chi connectivity index (χ2v) is 6.37. The molecule has 26 heavy (non-hydrogen) atoms. The van der Waals surface area contributed by atoms with E-state index in [1.807, 2.05) is 24.3 Å². The number of carbonyl (C=O) groups is 1. The van der Waals surface area contributed by atoms with Gasteiger partial charge >= 0.3 is 6.01 Å². The van der Waals surface area contributed by atoms with Crippen LogP contribution in [0.15, 0.2) is 36.7 Å². The van der Waals surface area contributed by atoms with Gasteiger partial charge in [0.1, 0.15) is 11.9 Å². The van der Waals surface area contributed by atoms with Crippen molar-refractivity contribution in [2.75, 3.05) is 7.11 Å². The molecule has 3 rings (SSSR count). The van der Waals surface area contributed by atoms with Crippen molar-refractivity contribution in [3.05, 3.63) is 48.0 Å². The van der Waals surface area contributed by atoms with Gasteiger partial charge in [0.15, 0.2) is 5.82 Å². The lowest BCUT2D eigenvalue weighted by Gasteiger charge is -2.28. The first-order valence-corrected chi connectivity index (χ1v) is 8.69. The quantitative estimate of drug-likeness (QED) is 0.858. The summed E-state index contributed by atoms with van der Waals surface area (Å²) < 4.78 is 23.6. The summed E-state index contributed by atoms with van der Waals surface area (Å²) in [6, 6.07) is 7.83. The fourth-order valence-electron chi connectivity index (χ4n) is 3.04. The molecule has 0 spiro atoms. The number of carbonyl (C=O) groups excluding carboxylic acids is 1. The largest absolute Gasteiger partial charge is 0.497 e. The number of methoxy groups -OCH3 is 1. The Morgan fingerprint density at radius 2 is 1.81 bits per heavy atom. The van der Waals surface area contributed by atoms with Crippen molar-refractivity contribution in [2.24, 2.45) is 0 Å². The number of nitrogens with zero attached hydrogens (tertiary/aromatic N) is 2. The summed E-state index contributed by atoms with van der Waals surface area (Å²) in [4.78, 5) is 19.8. The van der Waals surface area contributed by atoms with Crippen molar-refractivity contribution in [1.29, 1.82) is 0 Å². The summed E-state index contributed by atoms with van der Waals surface area (Å²) in [5, 5.41) is 3.08. The van der Waals surface area contributed by atoms with Crippen LogP contribution in [0, 0.1) is 5.82 Å². The Labute approximate surface area is 151 Å². The van der Waals surface area contributed by atoms with Crippen LogP contribution in [0.25, 0.3) is 0 Å². The molecule has 1 fully saturated rings. The molecule has 0 saturated heterocycles. The lowest BCUT2D eigenvalue weighted by atomic mass is 9.93. The van der Waals surface area contributed by atoms with Crippen LogP contribution in [-0.2, 0) is 11.2 Å². The zero-order valence-electron chi connectivity index (χ0n) is 14.7. The molecule has 1 saturated carbocycles. The average molecular weight is 359 g/mol. The maximum atomic E-state index is 12.8. The minimum atomic E-state index is -0.486. The lowest BCUT2D eigenvalue weighted by molar-refractivity contribution is -0.121. The summed E-state index contributed by atoms with van der Waals surface area (Å²) in [5.74, 6) is 0.305. The number of amides is 1. The van der Waals surface area contributed by atoms with Gasteiger partial charge in [-0.25, -0.2) is 14.4 Å². The van der Waals surface area contributed by atoms with Crippen molar-refractivity contribution in [3.63, 3.8) is 0 Å². The predicted molar refractivity (Wildman–Crippen MR) is 93.5 cm³/mol. The van der Waals surface area contributed by atoms with Crippen molar-refractivity contribution >= 4 is 5.91 Å². The van der Waals surface area contributed by atoms with E-state index in [-0.39, 0.29) is 24.1 Å². The van der Waals surface area contributed by atoms with Gasteiger partial charge in [-0.3, -0.25) is 4.79 Å². The first-order chi connectivity index (χ1) is 12.6. The molecule has 1 aromatic carbocycles. The third-order valence-corrected chi connectivity index (χ3v) is 4.43. The Morgan fingerprint density at radius 1 is 1.15 bits per heavy atom. The molecule has 1 aliphatic rings. The number of halogens is 1. The van der Waals surface area contributed by atoms with E-state index < -0.39 is 5.82 Å². The van der Waals surface area contributed by atoms with Crippen molar-refractivity contribution in [2.45, 2.75) is 44.2 Å². The van der Waals surface area contributed by atoms with Crippen LogP contribution in [0.1, 0.15) is 31.2 Å². The van der Waals surface area contributed by atoms with E-state index >= 15 is 0 Å². The molecule has 0 atom stereocenters. The summed E-state index contributed by atoms with van der Waals surface area (Å²) >= 11 is 0. The van der Waals surface area contributed by atoms with Crippen molar-refractivity contribution in [1.82, 2.24) is 15.3 Å². The van der Waals surface area contributed by atoms with Gasteiger partial charge in [-0.15, -0.1) is 0 Å². The molecular weight excluding hydrogens is 337 g/mol. The van der Waals surface area contributed by atoms with Crippen molar-refractivity contribution < 1.29 is 18.7 Å². The smallest absolute Gasteiger partial charge is 0.316 e. The molecule has 0 radical (unpaired) electrons. The van der Waals surface area contributed by atoms with Gasteiger partial charge in [0.2, 0.25) is 5.91 Å². The summed E-state index contributed by atoms with van der Waals surface area (Å²) in [7, 11) is 1.62. The monoisotopic (exact) mass is 359 g/mol. The average Bonchev–Trinajstić information content (AvgIpc) is 2.66. The highest BCUT2D eigenvalue weighted by atomic mass is 19.1. The fraction of sp³-hybridized carbons (Fsp3) is 0.421. The first-order valence-electron chi connectivity index (χ1n) is 8.69. The van der Waals surface area contributed by atoms with Gasteiger partial charge in [-0.05, 0) is 43.4 Å². The predicted octanol–water partition coefficient (Wildman–Crippen LogP) is 2.67. The van der Waals surface area contributed by atoms with E-state index in [0.29, 0.717) is 6.42 Å². The second kappa shape index (κ2) is 8.60. The highest BCUT2D eigenvalue weighted by Gasteiger charge is 2.24. The number of ether oxygens (including phenoxy) is 2. The van der Waals surface area contributed by atoms with Gasteiger partial charge in [0.05, 0.1) is 25.9 Å². The third kappa shape index (κ3) is 5.15. The molecule has 0 unspecified atom stereocenters. The molecule has 1 heterocycles. The summed E-state index contributed by atoms with van der Waals surface area (Å²) in [6.07, 6.45) is 5.79. The highest BCUT2D eigenvalue weighted by Crippen LogP contribution is 2.22. The molecule has 1 aliphatic carbocycles. The number of nitrogens with one attached hydrogen (secondary N) is 1. The van der Waals surface area contributed by atoms with Gasteiger partial charge in [0, 0.05) is 6.04 Å². The minimum Gasteiger partial charge on any atom is -0.497 e. The molecule has 2 aromatic rings. The molecule has 1 N–H and O–H groups in total. The highest BCUT2D eigenvalue weighted by molar-refractivity contribution is 5.78. The SMILES string of the molecule is COc1ccc(CC(=O)NC2CCC(Oc3ncc(F)cn3)CC2)cc1. The zero-order chi connectivity index (χ0) is 18.4. The summed E-state index contributed by atoms with van der Waals surface area (Å²) in [6.45, 7) is 0. The minimum absolute atomic E-state index is 0.00444. The van der Waals surface area contributed by atoms with E-state index in [1.165, 1.54) is 0 Å². The Morgan fingerprint density at radius 3 is 2.42 bits per heavy atom. The topological polar surface area (TPSA) is 73.3 Å². The van der Waals surface area contributed by atoms with Gasteiger partial charge in [-0.2, -0.15) is 0 Å². The number of hydrogen-bond acceptors (Lipinski definition) is 5. The van der Waals surface area contributed by atoms with Crippen LogP contribution < -0.4 is 14.8 Å².